The van der Waals surface area contributed by atoms with E-state index in [1.807, 2.05) is 0 Å². The van der Waals surface area contributed by atoms with Crippen molar-refractivity contribution < 1.29 is 32.3 Å². The Kier molecular flexibility index (Phi) is 9.91. The summed E-state index contributed by atoms with van der Waals surface area (Å²) >= 11 is 0. The van der Waals surface area contributed by atoms with E-state index in [0.29, 0.717) is 16.8 Å². The quantitative estimate of drug-likeness (QED) is 0.324. The van der Waals surface area contributed by atoms with E-state index in [-0.39, 0.29) is 19.4 Å². The summed E-state index contributed by atoms with van der Waals surface area (Å²) in [5.74, 6) is -3.08. The molecule has 0 aliphatic carbocycles. The first-order valence-corrected chi connectivity index (χ1v) is 12.0. The Morgan fingerprint density at radius 3 is 2.13 bits per heavy atom. The van der Waals surface area contributed by atoms with Gasteiger partial charge in [0.25, 0.3) is 5.91 Å². The van der Waals surface area contributed by atoms with E-state index in [1.165, 1.54) is 19.1 Å². The smallest absolute Gasteiger partial charge is 0.344 e. The molecule has 3 amide bonds. The van der Waals surface area contributed by atoms with Crippen molar-refractivity contribution in [3.63, 3.8) is 0 Å². The number of rotatable bonds is 11. The molecule has 0 saturated heterocycles. The highest BCUT2D eigenvalue weighted by molar-refractivity contribution is 6.38. The fourth-order valence-corrected chi connectivity index (χ4v) is 3.63. The maximum Gasteiger partial charge on any atom is 0.416 e. The molecule has 3 rings (SSSR count). The van der Waals surface area contributed by atoms with Crippen LogP contribution in [-0.4, -0.2) is 40.6 Å². The monoisotopic (exact) mass is 540 g/mol. The van der Waals surface area contributed by atoms with Gasteiger partial charge in [0.05, 0.1) is 24.2 Å². The zero-order valence-electron chi connectivity index (χ0n) is 21.0. The lowest BCUT2D eigenvalue weighted by Gasteiger charge is -2.21. The number of benzene rings is 2. The first-order chi connectivity index (χ1) is 18.5. The van der Waals surface area contributed by atoms with Crippen LogP contribution in [-0.2, 0) is 44.7 Å². The van der Waals surface area contributed by atoms with E-state index in [2.05, 4.69) is 20.9 Å². The van der Waals surface area contributed by atoms with Gasteiger partial charge in [-0.1, -0.05) is 48.5 Å². The third kappa shape index (κ3) is 9.06. The van der Waals surface area contributed by atoms with Crippen LogP contribution in [0.4, 0.5) is 13.2 Å². The van der Waals surface area contributed by atoms with Gasteiger partial charge in [0.2, 0.25) is 17.6 Å². The maximum absolute atomic E-state index is 13.0. The Hall–Kier alpha value is -4.54. The van der Waals surface area contributed by atoms with Crippen molar-refractivity contribution in [1.29, 1.82) is 0 Å². The normalized spacial score (nSPS) is 12.6. The zero-order chi connectivity index (χ0) is 28.4. The van der Waals surface area contributed by atoms with Crippen molar-refractivity contribution in [1.82, 2.24) is 20.9 Å². The Balaban J connectivity index is 1.61. The number of hydrogen-bond donors (Lipinski definition) is 3. The first kappa shape index (κ1) is 29.0. The summed E-state index contributed by atoms with van der Waals surface area (Å²) in [5.41, 5.74) is 0.742. The highest BCUT2D eigenvalue weighted by Crippen LogP contribution is 2.29. The minimum atomic E-state index is -4.49. The second-order valence-electron chi connectivity index (χ2n) is 8.78. The van der Waals surface area contributed by atoms with Crippen LogP contribution in [0, 0.1) is 0 Å². The first-order valence-electron chi connectivity index (χ1n) is 12.0. The number of alkyl halides is 3. The summed E-state index contributed by atoms with van der Waals surface area (Å²) < 4.78 is 38.2. The number of halogens is 3. The molecule has 0 radical (unpaired) electrons. The fourth-order valence-electron chi connectivity index (χ4n) is 3.63. The maximum atomic E-state index is 13.0. The van der Waals surface area contributed by atoms with Crippen LogP contribution in [0.5, 0.6) is 0 Å². The molecular weight excluding hydrogens is 513 g/mol. The van der Waals surface area contributed by atoms with Crippen molar-refractivity contribution in [3.05, 3.63) is 101 Å². The van der Waals surface area contributed by atoms with Crippen LogP contribution in [0.3, 0.4) is 0 Å². The molecule has 0 fully saturated rings. The molecule has 39 heavy (non-hydrogen) atoms. The molecule has 3 aromatic rings. The second kappa shape index (κ2) is 13.3. The lowest BCUT2D eigenvalue weighted by Crippen LogP contribution is -2.53. The summed E-state index contributed by atoms with van der Waals surface area (Å²) in [5, 5.41) is 7.49. The molecule has 1 heterocycles. The summed E-state index contributed by atoms with van der Waals surface area (Å²) in [6.07, 6.45) is -3.15. The average molecular weight is 541 g/mol. The minimum Gasteiger partial charge on any atom is -0.344 e. The van der Waals surface area contributed by atoms with Crippen LogP contribution in [0.2, 0.25) is 0 Å². The number of Topliss-reactive ketones (excluding diaryl/α,β-unsaturated/α-hetero) is 1. The summed E-state index contributed by atoms with van der Waals surface area (Å²) in [6, 6.07) is 15.7. The number of carbonyl (C=O) groups is 4. The van der Waals surface area contributed by atoms with Gasteiger partial charge in [-0.05, 0) is 42.3 Å². The van der Waals surface area contributed by atoms with Gasteiger partial charge < -0.3 is 16.0 Å². The predicted molar refractivity (Wildman–Crippen MR) is 136 cm³/mol. The van der Waals surface area contributed by atoms with Crippen molar-refractivity contribution in [3.8, 4) is 0 Å². The van der Waals surface area contributed by atoms with E-state index >= 15 is 0 Å². The molecule has 0 bridgehead atoms. The molecule has 0 unspecified atom stereocenters. The van der Waals surface area contributed by atoms with Gasteiger partial charge in [0.1, 0.15) is 12.1 Å². The second-order valence-corrected chi connectivity index (χ2v) is 8.78. The minimum absolute atomic E-state index is 0.0217. The topological polar surface area (TPSA) is 117 Å². The molecule has 1 aromatic heterocycles. The van der Waals surface area contributed by atoms with E-state index in [0.717, 1.165) is 12.1 Å². The molecule has 204 valence electrons. The third-order valence-corrected chi connectivity index (χ3v) is 5.71. The van der Waals surface area contributed by atoms with E-state index in [4.69, 9.17) is 0 Å². The predicted octanol–water partition coefficient (Wildman–Crippen LogP) is 2.76. The van der Waals surface area contributed by atoms with Crippen molar-refractivity contribution >= 4 is 23.5 Å². The molecule has 0 saturated carbocycles. The van der Waals surface area contributed by atoms with Crippen LogP contribution in [0.1, 0.15) is 29.3 Å². The lowest BCUT2D eigenvalue weighted by atomic mass is 10.0. The Morgan fingerprint density at radius 1 is 0.846 bits per heavy atom. The number of hydrogen-bond acceptors (Lipinski definition) is 5. The zero-order valence-corrected chi connectivity index (χ0v) is 21.0. The molecule has 0 aliphatic heterocycles. The van der Waals surface area contributed by atoms with Crippen molar-refractivity contribution in [2.24, 2.45) is 0 Å². The van der Waals surface area contributed by atoms with Crippen molar-refractivity contribution in [2.45, 2.75) is 44.6 Å². The lowest BCUT2D eigenvalue weighted by molar-refractivity contribution is -0.140. The molecule has 2 atom stereocenters. The summed E-state index contributed by atoms with van der Waals surface area (Å²) in [6.45, 7) is 1.42. The SMILES string of the molecule is C[C@@H](NC(=O)Cc1ccc(C(F)(F)F)cc1)C(=O)N[C@H](Cc1ccccc1)C(=O)C(=O)NCc1ccccn1. The highest BCUT2D eigenvalue weighted by atomic mass is 19.4. The Bertz CT molecular complexity index is 1280. The number of nitrogens with zero attached hydrogens (tertiary/aromatic N) is 1. The van der Waals surface area contributed by atoms with E-state index < -0.39 is 47.3 Å². The molecule has 2 aromatic carbocycles. The van der Waals surface area contributed by atoms with Crippen LogP contribution in [0.15, 0.2) is 79.0 Å². The van der Waals surface area contributed by atoms with Gasteiger partial charge in [-0.2, -0.15) is 13.2 Å². The van der Waals surface area contributed by atoms with Crippen LogP contribution in [0.25, 0.3) is 0 Å². The highest BCUT2D eigenvalue weighted by Gasteiger charge is 2.31. The largest absolute Gasteiger partial charge is 0.416 e. The van der Waals surface area contributed by atoms with Gasteiger partial charge in [-0.15, -0.1) is 0 Å². The van der Waals surface area contributed by atoms with Crippen molar-refractivity contribution in [2.75, 3.05) is 0 Å². The number of aromatic nitrogens is 1. The van der Waals surface area contributed by atoms with E-state index in [1.54, 1.807) is 54.7 Å². The number of nitrogens with one attached hydrogen (secondary N) is 3. The summed E-state index contributed by atoms with van der Waals surface area (Å²) in [7, 11) is 0. The fraction of sp³-hybridized carbons (Fsp3) is 0.250. The number of ketones is 1. The average Bonchev–Trinajstić information content (AvgIpc) is 2.91. The van der Waals surface area contributed by atoms with Gasteiger partial charge in [-0.25, -0.2) is 0 Å². The van der Waals surface area contributed by atoms with E-state index in [9.17, 15) is 32.3 Å². The number of amides is 3. The van der Waals surface area contributed by atoms with Gasteiger partial charge in [-0.3, -0.25) is 24.2 Å². The third-order valence-electron chi connectivity index (χ3n) is 5.71. The van der Waals surface area contributed by atoms with Gasteiger partial charge in [0, 0.05) is 12.6 Å². The van der Waals surface area contributed by atoms with Crippen LogP contribution < -0.4 is 16.0 Å². The molecule has 0 spiro atoms. The Morgan fingerprint density at radius 2 is 1.51 bits per heavy atom. The molecule has 3 N–H and O–H groups in total. The molecular formula is C28H27F3N4O4. The standard InChI is InChI=1S/C28H27F3N4O4/c1-18(34-24(36)16-20-10-12-21(13-11-20)28(29,30)31)26(38)35-23(15-19-7-3-2-4-8-19)25(37)27(39)33-17-22-9-5-6-14-32-22/h2-14,18,23H,15-17H2,1H3,(H,33,39)(H,34,36)(H,35,38)/t18-,23-/m1/s1. The number of carbonyl (C=O) groups excluding carboxylic acids is 4. The van der Waals surface area contributed by atoms with Gasteiger partial charge >= 0.3 is 6.18 Å². The Labute approximate surface area is 223 Å². The molecule has 8 nitrogen and oxygen atoms in total. The molecule has 11 heteroatoms. The molecule has 0 aliphatic rings. The van der Waals surface area contributed by atoms with Crippen LogP contribution >= 0.6 is 0 Å². The number of pyridine rings is 1. The van der Waals surface area contributed by atoms with Gasteiger partial charge in [0.15, 0.2) is 0 Å². The summed E-state index contributed by atoms with van der Waals surface area (Å²) in [4.78, 5) is 54.9.